The van der Waals surface area contributed by atoms with Gasteiger partial charge in [0.1, 0.15) is 6.54 Å². The zero-order valence-electron chi connectivity index (χ0n) is 12.1. The van der Waals surface area contributed by atoms with Crippen LogP contribution >= 0.6 is 27.5 Å². The molecule has 1 unspecified atom stereocenters. The van der Waals surface area contributed by atoms with Crippen LogP contribution in [0.1, 0.15) is 12.0 Å². The maximum atomic E-state index is 9.04. The van der Waals surface area contributed by atoms with Crippen LogP contribution in [0, 0.1) is 0 Å². The van der Waals surface area contributed by atoms with Crippen LogP contribution in [0.2, 0.25) is 0 Å². The summed E-state index contributed by atoms with van der Waals surface area (Å²) in [7, 11) is 0. The van der Waals surface area contributed by atoms with Gasteiger partial charge in [-0.25, -0.2) is 4.79 Å². The number of carboxylic acids is 2. The summed E-state index contributed by atoms with van der Waals surface area (Å²) in [6, 6.07) is 8.36. The van der Waals surface area contributed by atoms with Gasteiger partial charge in [0.25, 0.3) is 0 Å². The molecule has 0 aliphatic rings. The molecule has 0 saturated carbocycles. The molecule has 0 heterocycles. The number of halogens is 2. The molecule has 0 radical (unpaired) electrons. The first kappa shape index (κ1) is 20.6. The molecule has 0 fully saturated rings. The van der Waals surface area contributed by atoms with E-state index in [4.69, 9.17) is 31.4 Å². The normalized spacial score (nSPS) is 11.0. The SMILES string of the molecule is C=CC[NH+](CCCCl)Cc1ccccc1Br.O=C([O-])C(=O)O. The fourth-order valence-electron chi connectivity index (χ4n) is 1.69. The molecule has 0 amide bonds. The first-order valence-electron chi connectivity index (χ1n) is 6.60. The van der Waals surface area contributed by atoms with E-state index in [9.17, 15) is 0 Å². The Kier molecular flexibility index (Phi) is 11.4. The van der Waals surface area contributed by atoms with E-state index in [0.717, 1.165) is 31.9 Å². The van der Waals surface area contributed by atoms with Crippen molar-refractivity contribution in [2.75, 3.05) is 19.0 Å². The zero-order chi connectivity index (χ0) is 17.0. The largest absolute Gasteiger partial charge is 0.539 e. The predicted octanol–water partition coefficient (Wildman–Crippen LogP) is 0.470. The standard InChI is InChI=1S/C13H17BrClN.C2H2O4/c1-2-9-16(10-5-8-15)11-12-6-3-4-7-13(12)14;3-1(4)2(5)6/h2-4,6-7H,1,5,8-11H2;(H,3,4)(H,5,6). The van der Waals surface area contributed by atoms with Gasteiger partial charge in [0.15, 0.2) is 5.97 Å². The fourth-order valence-corrected chi connectivity index (χ4v) is 2.25. The first-order valence-corrected chi connectivity index (χ1v) is 7.93. The van der Waals surface area contributed by atoms with Crippen LogP contribution in [0.4, 0.5) is 0 Å². The summed E-state index contributed by atoms with van der Waals surface area (Å²) in [5.74, 6) is -3.28. The summed E-state index contributed by atoms with van der Waals surface area (Å²) in [5.41, 5.74) is 1.34. The second-order valence-electron chi connectivity index (χ2n) is 4.40. The zero-order valence-corrected chi connectivity index (χ0v) is 14.4. The van der Waals surface area contributed by atoms with Gasteiger partial charge in [-0.3, -0.25) is 0 Å². The van der Waals surface area contributed by atoms with E-state index >= 15 is 0 Å². The molecule has 2 N–H and O–H groups in total. The Morgan fingerprint density at radius 2 is 2.00 bits per heavy atom. The van der Waals surface area contributed by atoms with Gasteiger partial charge in [0, 0.05) is 22.3 Å². The van der Waals surface area contributed by atoms with Crippen LogP contribution < -0.4 is 10.0 Å². The number of aliphatic carboxylic acids is 2. The van der Waals surface area contributed by atoms with E-state index in [1.54, 1.807) is 0 Å². The topological polar surface area (TPSA) is 81.9 Å². The van der Waals surface area contributed by atoms with Crippen molar-refractivity contribution in [2.24, 2.45) is 0 Å². The van der Waals surface area contributed by atoms with Gasteiger partial charge in [0.2, 0.25) is 0 Å². The Morgan fingerprint density at radius 1 is 1.41 bits per heavy atom. The Bertz CT molecular complexity index is 484. The van der Waals surface area contributed by atoms with Gasteiger partial charge in [-0.2, -0.15) is 0 Å². The third-order valence-electron chi connectivity index (χ3n) is 2.67. The van der Waals surface area contributed by atoms with Crippen molar-refractivity contribution in [3.8, 4) is 0 Å². The highest BCUT2D eigenvalue weighted by molar-refractivity contribution is 9.10. The lowest BCUT2D eigenvalue weighted by atomic mass is 10.2. The molecule has 7 heteroatoms. The number of nitrogens with one attached hydrogen (secondary N) is 1. The number of rotatable bonds is 7. The van der Waals surface area contributed by atoms with E-state index < -0.39 is 11.9 Å². The number of benzene rings is 1. The minimum absolute atomic E-state index is 0.733. The maximum absolute atomic E-state index is 9.04. The van der Waals surface area contributed by atoms with Gasteiger partial charge < -0.3 is 19.9 Å². The quantitative estimate of drug-likeness (QED) is 0.401. The van der Waals surface area contributed by atoms with Crippen LogP contribution in [0.5, 0.6) is 0 Å². The Morgan fingerprint density at radius 3 is 2.45 bits per heavy atom. The number of alkyl halides is 1. The number of carbonyl (C=O) groups is 2. The lowest BCUT2D eigenvalue weighted by Gasteiger charge is -2.18. The smallest absolute Gasteiger partial charge is 0.351 e. The molecule has 0 bridgehead atoms. The van der Waals surface area contributed by atoms with Crippen molar-refractivity contribution in [3.63, 3.8) is 0 Å². The van der Waals surface area contributed by atoms with E-state index in [1.165, 1.54) is 14.9 Å². The lowest BCUT2D eigenvalue weighted by molar-refractivity contribution is -0.908. The third-order valence-corrected chi connectivity index (χ3v) is 3.71. The van der Waals surface area contributed by atoms with Crippen molar-refractivity contribution in [3.05, 3.63) is 47.0 Å². The highest BCUT2D eigenvalue weighted by Gasteiger charge is 2.09. The summed E-state index contributed by atoms with van der Waals surface area (Å²) in [6.07, 6.45) is 3.02. The van der Waals surface area contributed by atoms with Gasteiger partial charge in [-0.05, 0) is 12.1 Å². The summed E-state index contributed by atoms with van der Waals surface area (Å²) >= 11 is 9.31. The minimum atomic E-state index is -2.07. The third kappa shape index (κ3) is 9.55. The molecule has 1 aromatic rings. The summed E-state index contributed by atoms with van der Waals surface area (Å²) in [5, 5.41) is 16.3. The molecule has 1 atom stereocenters. The lowest BCUT2D eigenvalue weighted by Crippen LogP contribution is -3.10. The van der Waals surface area contributed by atoms with Crippen molar-refractivity contribution < 1.29 is 24.7 Å². The first-order chi connectivity index (χ1) is 10.4. The molecule has 22 heavy (non-hydrogen) atoms. The number of quaternary nitrogens is 1. The summed E-state index contributed by atoms with van der Waals surface area (Å²) < 4.78 is 1.18. The van der Waals surface area contributed by atoms with Gasteiger partial charge >= 0.3 is 5.97 Å². The fraction of sp³-hybridized carbons (Fsp3) is 0.333. The number of carbonyl (C=O) groups excluding carboxylic acids is 1. The van der Waals surface area contributed by atoms with E-state index in [2.05, 4.69) is 40.7 Å². The van der Waals surface area contributed by atoms with Crippen LogP contribution in [-0.4, -0.2) is 36.0 Å². The second kappa shape index (κ2) is 12.2. The molecule has 0 aliphatic carbocycles. The highest BCUT2D eigenvalue weighted by atomic mass is 79.9. The van der Waals surface area contributed by atoms with E-state index in [1.807, 2.05) is 12.1 Å². The van der Waals surface area contributed by atoms with Crippen LogP contribution in [-0.2, 0) is 16.1 Å². The molecular weight excluding hydrogens is 374 g/mol. The van der Waals surface area contributed by atoms with Crippen molar-refractivity contribution >= 4 is 39.5 Å². The van der Waals surface area contributed by atoms with Gasteiger partial charge in [0.05, 0.1) is 13.1 Å². The molecule has 0 spiro atoms. The average molecular weight is 393 g/mol. The molecular formula is C15H19BrClNO4. The van der Waals surface area contributed by atoms with Gasteiger partial charge in [-0.15, -0.1) is 11.6 Å². The molecule has 122 valence electrons. The summed E-state index contributed by atoms with van der Waals surface area (Å²) in [6.45, 7) is 6.90. The second-order valence-corrected chi connectivity index (χ2v) is 5.63. The number of hydrogen-bond acceptors (Lipinski definition) is 3. The van der Waals surface area contributed by atoms with Crippen molar-refractivity contribution in [1.29, 1.82) is 0 Å². The number of hydrogen-bond donors (Lipinski definition) is 2. The minimum Gasteiger partial charge on any atom is -0.539 e. The highest BCUT2D eigenvalue weighted by Crippen LogP contribution is 2.14. The van der Waals surface area contributed by atoms with E-state index in [-0.39, 0.29) is 0 Å². The number of carboxylic acid groups (broad SMARTS) is 2. The predicted molar refractivity (Wildman–Crippen MR) is 86.7 cm³/mol. The Labute approximate surface area is 143 Å². The average Bonchev–Trinajstić information content (AvgIpc) is 2.47. The molecule has 0 saturated heterocycles. The maximum Gasteiger partial charge on any atom is 0.351 e. The molecule has 0 aliphatic heterocycles. The molecule has 1 rings (SSSR count). The van der Waals surface area contributed by atoms with Crippen molar-refractivity contribution in [2.45, 2.75) is 13.0 Å². The summed E-state index contributed by atoms with van der Waals surface area (Å²) in [4.78, 5) is 19.5. The Balaban J connectivity index is 0.000000626. The van der Waals surface area contributed by atoms with Crippen LogP contribution in [0.15, 0.2) is 41.4 Å². The van der Waals surface area contributed by atoms with Crippen molar-refractivity contribution in [1.82, 2.24) is 0 Å². The van der Waals surface area contributed by atoms with Gasteiger partial charge in [-0.1, -0.05) is 40.7 Å². The van der Waals surface area contributed by atoms with E-state index in [0.29, 0.717) is 0 Å². The van der Waals surface area contributed by atoms with Crippen LogP contribution in [0.25, 0.3) is 0 Å². The molecule has 1 aromatic carbocycles. The monoisotopic (exact) mass is 391 g/mol. The van der Waals surface area contributed by atoms with Crippen LogP contribution in [0.3, 0.4) is 0 Å². The molecule has 0 aromatic heterocycles. The Hall–Kier alpha value is -1.37. The molecule has 5 nitrogen and oxygen atoms in total.